The van der Waals surface area contributed by atoms with Crippen molar-refractivity contribution in [1.82, 2.24) is 9.97 Å². The van der Waals surface area contributed by atoms with Crippen LogP contribution in [-0.2, 0) is 12.8 Å². The molecule has 2 aromatic rings. The molecule has 3 N–H and O–H groups in total. The molecular weight excluding hydrogens is 272 g/mol. The zero-order valence-corrected chi connectivity index (χ0v) is 12.0. The first-order valence-electron chi connectivity index (χ1n) is 6.86. The van der Waals surface area contributed by atoms with Crippen LogP contribution in [0.4, 0.5) is 11.8 Å². The SMILES string of the molecule is Nc1nc(Cc2ccccc2Cl)c2c(n1)NCCCC2. The number of hydrogen-bond donors (Lipinski definition) is 2. The molecule has 0 atom stereocenters. The van der Waals surface area contributed by atoms with Crippen molar-refractivity contribution in [1.29, 1.82) is 0 Å². The van der Waals surface area contributed by atoms with Gasteiger partial charge in [0, 0.05) is 23.6 Å². The largest absolute Gasteiger partial charge is 0.370 e. The minimum Gasteiger partial charge on any atom is -0.370 e. The van der Waals surface area contributed by atoms with E-state index >= 15 is 0 Å². The van der Waals surface area contributed by atoms with Gasteiger partial charge in [0.2, 0.25) is 5.95 Å². The molecule has 0 saturated carbocycles. The van der Waals surface area contributed by atoms with Crippen LogP contribution in [0.5, 0.6) is 0 Å². The first-order chi connectivity index (χ1) is 9.74. The Morgan fingerprint density at radius 1 is 1.20 bits per heavy atom. The fourth-order valence-corrected chi connectivity index (χ4v) is 2.76. The first kappa shape index (κ1) is 13.2. The molecule has 0 saturated heterocycles. The third-order valence-corrected chi connectivity index (χ3v) is 3.94. The first-order valence-corrected chi connectivity index (χ1v) is 7.24. The monoisotopic (exact) mass is 288 g/mol. The van der Waals surface area contributed by atoms with Crippen molar-refractivity contribution in [3.63, 3.8) is 0 Å². The van der Waals surface area contributed by atoms with Crippen LogP contribution < -0.4 is 11.1 Å². The van der Waals surface area contributed by atoms with E-state index in [2.05, 4.69) is 15.3 Å². The van der Waals surface area contributed by atoms with Crippen molar-refractivity contribution in [2.45, 2.75) is 25.7 Å². The van der Waals surface area contributed by atoms with Crippen LogP contribution >= 0.6 is 11.6 Å². The molecule has 2 heterocycles. The summed E-state index contributed by atoms with van der Waals surface area (Å²) in [6.07, 6.45) is 3.96. The lowest BCUT2D eigenvalue weighted by molar-refractivity contribution is 0.778. The van der Waals surface area contributed by atoms with Gasteiger partial charge in [0.1, 0.15) is 5.82 Å². The second kappa shape index (κ2) is 5.67. The van der Waals surface area contributed by atoms with Gasteiger partial charge in [0.15, 0.2) is 0 Å². The van der Waals surface area contributed by atoms with Gasteiger partial charge in [-0.15, -0.1) is 0 Å². The van der Waals surface area contributed by atoms with Crippen LogP contribution in [0.15, 0.2) is 24.3 Å². The Morgan fingerprint density at radius 2 is 2.05 bits per heavy atom. The van der Waals surface area contributed by atoms with E-state index < -0.39 is 0 Å². The number of benzene rings is 1. The van der Waals surface area contributed by atoms with E-state index in [0.717, 1.165) is 47.9 Å². The number of anilines is 2. The minimum absolute atomic E-state index is 0.320. The molecule has 0 fully saturated rings. The number of nitrogens with zero attached hydrogens (tertiary/aromatic N) is 2. The molecule has 0 amide bonds. The zero-order chi connectivity index (χ0) is 13.9. The highest BCUT2D eigenvalue weighted by Crippen LogP contribution is 2.26. The fraction of sp³-hybridized carbons (Fsp3) is 0.333. The molecule has 0 bridgehead atoms. The lowest BCUT2D eigenvalue weighted by atomic mass is 10.0. The van der Waals surface area contributed by atoms with Crippen molar-refractivity contribution in [3.05, 3.63) is 46.1 Å². The summed E-state index contributed by atoms with van der Waals surface area (Å²) in [7, 11) is 0. The van der Waals surface area contributed by atoms with Crippen LogP contribution in [0, 0.1) is 0 Å². The highest BCUT2D eigenvalue weighted by molar-refractivity contribution is 6.31. The Labute approximate surface area is 123 Å². The Balaban J connectivity index is 2.01. The number of nitrogens with two attached hydrogens (primary N) is 1. The third-order valence-electron chi connectivity index (χ3n) is 3.57. The van der Waals surface area contributed by atoms with Crippen molar-refractivity contribution in [3.8, 4) is 0 Å². The van der Waals surface area contributed by atoms with E-state index in [-0.39, 0.29) is 0 Å². The van der Waals surface area contributed by atoms with Gasteiger partial charge in [0.05, 0.1) is 5.69 Å². The molecule has 3 rings (SSSR count). The van der Waals surface area contributed by atoms with Gasteiger partial charge in [-0.2, -0.15) is 4.98 Å². The molecule has 0 radical (unpaired) electrons. The highest BCUT2D eigenvalue weighted by atomic mass is 35.5. The van der Waals surface area contributed by atoms with Crippen molar-refractivity contribution < 1.29 is 0 Å². The molecule has 0 unspecified atom stereocenters. The summed E-state index contributed by atoms with van der Waals surface area (Å²) in [5.74, 6) is 1.21. The topological polar surface area (TPSA) is 63.8 Å². The Bertz CT molecular complexity index is 627. The molecular formula is C15H17ClN4. The maximum Gasteiger partial charge on any atom is 0.222 e. The molecule has 20 heavy (non-hydrogen) atoms. The Kier molecular flexibility index (Phi) is 3.74. The van der Waals surface area contributed by atoms with E-state index in [4.69, 9.17) is 17.3 Å². The van der Waals surface area contributed by atoms with Gasteiger partial charge in [0.25, 0.3) is 0 Å². The summed E-state index contributed by atoms with van der Waals surface area (Å²) in [5.41, 5.74) is 9.06. The van der Waals surface area contributed by atoms with Crippen molar-refractivity contribution >= 4 is 23.4 Å². The summed E-state index contributed by atoms with van der Waals surface area (Å²) in [6, 6.07) is 7.85. The summed E-state index contributed by atoms with van der Waals surface area (Å²) < 4.78 is 0. The van der Waals surface area contributed by atoms with Crippen LogP contribution in [-0.4, -0.2) is 16.5 Å². The number of aromatic nitrogens is 2. The minimum atomic E-state index is 0.320. The molecule has 1 aliphatic rings. The van der Waals surface area contributed by atoms with E-state index in [1.807, 2.05) is 24.3 Å². The lowest BCUT2D eigenvalue weighted by Gasteiger charge is -2.13. The van der Waals surface area contributed by atoms with Crippen LogP contribution in [0.3, 0.4) is 0 Å². The average molecular weight is 289 g/mol. The quantitative estimate of drug-likeness (QED) is 0.891. The second-order valence-electron chi connectivity index (χ2n) is 5.01. The van der Waals surface area contributed by atoms with E-state index in [1.54, 1.807) is 0 Å². The summed E-state index contributed by atoms with van der Waals surface area (Å²) in [5, 5.41) is 4.11. The van der Waals surface area contributed by atoms with Gasteiger partial charge in [-0.05, 0) is 30.9 Å². The van der Waals surface area contributed by atoms with Crippen LogP contribution in [0.25, 0.3) is 0 Å². The predicted molar refractivity (Wildman–Crippen MR) is 82.1 cm³/mol. The molecule has 0 spiro atoms. The average Bonchev–Trinajstić information content (AvgIpc) is 2.66. The molecule has 5 heteroatoms. The molecule has 1 aromatic heterocycles. The summed E-state index contributed by atoms with van der Waals surface area (Å²) in [6.45, 7) is 0.939. The molecule has 4 nitrogen and oxygen atoms in total. The standard InChI is InChI=1S/C15H17ClN4/c16-12-7-2-1-5-10(12)9-13-11-6-3-4-8-18-14(11)20-15(17)19-13/h1-2,5,7H,3-4,6,8-9H2,(H3,17,18,19,20). The van der Waals surface area contributed by atoms with Crippen molar-refractivity contribution in [2.75, 3.05) is 17.6 Å². The number of nitrogens with one attached hydrogen (secondary N) is 1. The molecule has 104 valence electrons. The predicted octanol–water partition coefficient (Wildman–Crippen LogP) is 3.05. The Morgan fingerprint density at radius 3 is 2.90 bits per heavy atom. The maximum absolute atomic E-state index is 6.24. The normalized spacial score (nSPS) is 14.2. The lowest BCUT2D eigenvalue weighted by Crippen LogP contribution is -2.10. The van der Waals surface area contributed by atoms with Crippen LogP contribution in [0.2, 0.25) is 5.02 Å². The van der Waals surface area contributed by atoms with E-state index in [1.165, 1.54) is 5.56 Å². The number of nitrogen functional groups attached to an aromatic ring is 1. The van der Waals surface area contributed by atoms with E-state index in [0.29, 0.717) is 12.4 Å². The zero-order valence-electron chi connectivity index (χ0n) is 11.2. The fourth-order valence-electron chi connectivity index (χ4n) is 2.56. The van der Waals surface area contributed by atoms with Gasteiger partial charge in [-0.25, -0.2) is 4.98 Å². The van der Waals surface area contributed by atoms with Gasteiger partial charge < -0.3 is 11.1 Å². The van der Waals surface area contributed by atoms with E-state index in [9.17, 15) is 0 Å². The third kappa shape index (κ3) is 2.70. The van der Waals surface area contributed by atoms with Crippen molar-refractivity contribution in [2.24, 2.45) is 0 Å². The number of rotatable bonds is 2. The highest BCUT2D eigenvalue weighted by Gasteiger charge is 2.16. The molecule has 1 aliphatic heterocycles. The number of fused-ring (bicyclic) bond motifs is 1. The van der Waals surface area contributed by atoms with Crippen LogP contribution in [0.1, 0.15) is 29.7 Å². The Hall–Kier alpha value is -1.81. The maximum atomic E-state index is 6.24. The number of halogens is 1. The number of hydrogen-bond acceptors (Lipinski definition) is 4. The van der Waals surface area contributed by atoms with Gasteiger partial charge in [-0.3, -0.25) is 0 Å². The van der Waals surface area contributed by atoms with Gasteiger partial charge in [-0.1, -0.05) is 29.8 Å². The summed E-state index contributed by atoms with van der Waals surface area (Å²) in [4.78, 5) is 8.75. The smallest absolute Gasteiger partial charge is 0.222 e. The molecule has 1 aromatic carbocycles. The van der Waals surface area contributed by atoms with Gasteiger partial charge >= 0.3 is 0 Å². The summed E-state index contributed by atoms with van der Waals surface area (Å²) >= 11 is 6.24. The second-order valence-corrected chi connectivity index (χ2v) is 5.41. The molecule has 0 aliphatic carbocycles.